The number of amides is 1. The van der Waals surface area contributed by atoms with E-state index in [9.17, 15) is 19.8 Å². The van der Waals surface area contributed by atoms with E-state index in [4.69, 9.17) is 4.74 Å². The van der Waals surface area contributed by atoms with E-state index in [1.807, 2.05) is 0 Å². The van der Waals surface area contributed by atoms with Crippen LogP contribution in [0.15, 0.2) is 24.3 Å². The molecule has 2 aliphatic heterocycles. The number of nitrogens with one attached hydrogen (secondary N) is 1. The highest BCUT2D eigenvalue weighted by Crippen LogP contribution is 2.44. The number of fused-ring (bicyclic) bond motifs is 2. The molecule has 6 nitrogen and oxygen atoms in total. The Labute approximate surface area is 115 Å². The second-order valence-corrected chi connectivity index (χ2v) is 5.22. The first-order valence-electron chi connectivity index (χ1n) is 6.54. The van der Waals surface area contributed by atoms with Crippen LogP contribution >= 0.6 is 0 Å². The Morgan fingerprint density at radius 2 is 1.90 bits per heavy atom. The molecule has 0 unspecified atom stereocenters. The highest BCUT2D eigenvalue weighted by Gasteiger charge is 2.55. The number of benzene rings is 1. The molecule has 0 saturated carbocycles. The average Bonchev–Trinajstić information content (AvgIpc) is 2.98. The molecule has 0 aliphatic carbocycles. The number of carboxylic acid groups (broad SMARTS) is 1. The number of hydrogen-bond donors (Lipinski definition) is 3. The molecule has 2 bridgehead atoms. The monoisotopic (exact) mass is 277 g/mol. The summed E-state index contributed by atoms with van der Waals surface area (Å²) in [5, 5.41) is 21.3. The summed E-state index contributed by atoms with van der Waals surface area (Å²) in [6.45, 7) is 0. The fourth-order valence-electron chi connectivity index (χ4n) is 3.13. The van der Waals surface area contributed by atoms with Gasteiger partial charge >= 0.3 is 5.97 Å². The van der Waals surface area contributed by atoms with Crippen LogP contribution in [0.25, 0.3) is 0 Å². The quantitative estimate of drug-likeness (QED) is 0.771. The maximum Gasteiger partial charge on any atom is 0.310 e. The van der Waals surface area contributed by atoms with E-state index in [1.165, 1.54) is 12.1 Å². The largest absolute Gasteiger partial charge is 0.508 e. The van der Waals surface area contributed by atoms with Crippen LogP contribution in [0, 0.1) is 11.8 Å². The number of phenolic OH excluding ortho intramolecular Hbond substituents is 1. The SMILES string of the molecule is O=C(Nc1cccc(O)c1)[C@@H]1[C@H](C(=O)O)[C@H]2CC[C@H]1O2. The van der Waals surface area contributed by atoms with Gasteiger partial charge in [-0.05, 0) is 25.0 Å². The molecule has 0 radical (unpaired) electrons. The van der Waals surface area contributed by atoms with Gasteiger partial charge in [0.15, 0.2) is 0 Å². The van der Waals surface area contributed by atoms with Gasteiger partial charge in [0.1, 0.15) is 5.75 Å². The summed E-state index contributed by atoms with van der Waals surface area (Å²) in [5.41, 5.74) is 0.446. The van der Waals surface area contributed by atoms with Crippen LogP contribution in [-0.2, 0) is 14.3 Å². The molecule has 0 spiro atoms. The molecule has 1 aromatic carbocycles. The number of carboxylic acids is 1. The van der Waals surface area contributed by atoms with Crippen molar-refractivity contribution < 1.29 is 24.5 Å². The number of carbonyl (C=O) groups is 2. The van der Waals surface area contributed by atoms with Gasteiger partial charge in [-0.15, -0.1) is 0 Å². The van der Waals surface area contributed by atoms with Crippen LogP contribution in [0.4, 0.5) is 5.69 Å². The molecule has 2 fully saturated rings. The highest BCUT2D eigenvalue weighted by atomic mass is 16.5. The van der Waals surface area contributed by atoms with Crippen molar-refractivity contribution in [2.45, 2.75) is 25.0 Å². The lowest BCUT2D eigenvalue weighted by atomic mass is 9.78. The third-order valence-electron chi connectivity index (χ3n) is 3.97. The molecule has 1 amide bonds. The van der Waals surface area contributed by atoms with Crippen molar-refractivity contribution in [3.05, 3.63) is 24.3 Å². The highest BCUT2D eigenvalue weighted by molar-refractivity contribution is 5.96. The van der Waals surface area contributed by atoms with E-state index in [2.05, 4.69) is 5.32 Å². The molecule has 1 aromatic rings. The zero-order chi connectivity index (χ0) is 14.3. The molecule has 106 valence electrons. The predicted octanol–water partition coefficient (Wildman–Crippen LogP) is 1.21. The van der Waals surface area contributed by atoms with Gasteiger partial charge in [0.25, 0.3) is 0 Å². The Kier molecular flexibility index (Phi) is 3.10. The molecule has 3 rings (SSSR count). The van der Waals surface area contributed by atoms with E-state index in [0.717, 1.165) is 0 Å². The second-order valence-electron chi connectivity index (χ2n) is 5.22. The summed E-state index contributed by atoms with van der Waals surface area (Å²) < 4.78 is 5.55. The van der Waals surface area contributed by atoms with Crippen molar-refractivity contribution in [1.82, 2.24) is 0 Å². The number of ether oxygens (including phenoxy) is 1. The predicted molar refractivity (Wildman–Crippen MR) is 69.2 cm³/mol. The lowest BCUT2D eigenvalue weighted by Gasteiger charge is -2.23. The van der Waals surface area contributed by atoms with Gasteiger partial charge in [-0.3, -0.25) is 9.59 Å². The standard InChI is InChI=1S/C14H15NO5/c16-8-3-1-2-7(6-8)15-13(17)11-9-4-5-10(20-9)12(11)14(18)19/h1-3,6,9-12,16H,4-5H2,(H,15,17)(H,18,19)/t9-,10-,11+,12-/m1/s1. The summed E-state index contributed by atoms with van der Waals surface area (Å²) in [6, 6.07) is 6.16. The summed E-state index contributed by atoms with van der Waals surface area (Å²) in [4.78, 5) is 23.6. The first-order chi connectivity index (χ1) is 9.56. The van der Waals surface area contributed by atoms with E-state index < -0.39 is 17.8 Å². The van der Waals surface area contributed by atoms with Gasteiger partial charge < -0.3 is 20.3 Å². The minimum atomic E-state index is -0.992. The second kappa shape index (κ2) is 4.79. The van der Waals surface area contributed by atoms with Crippen molar-refractivity contribution in [2.24, 2.45) is 11.8 Å². The van der Waals surface area contributed by atoms with Crippen LogP contribution in [0.1, 0.15) is 12.8 Å². The van der Waals surface area contributed by atoms with Crippen LogP contribution in [0.3, 0.4) is 0 Å². The molecule has 3 N–H and O–H groups in total. The fourth-order valence-corrected chi connectivity index (χ4v) is 3.13. The number of rotatable bonds is 3. The molecule has 20 heavy (non-hydrogen) atoms. The van der Waals surface area contributed by atoms with E-state index in [0.29, 0.717) is 18.5 Å². The zero-order valence-corrected chi connectivity index (χ0v) is 10.7. The Morgan fingerprint density at radius 3 is 2.55 bits per heavy atom. The van der Waals surface area contributed by atoms with Crippen LogP contribution in [0.5, 0.6) is 5.75 Å². The number of hydrogen-bond acceptors (Lipinski definition) is 4. The number of aliphatic carboxylic acids is 1. The van der Waals surface area contributed by atoms with Gasteiger partial charge in [0, 0.05) is 11.8 Å². The Balaban J connectivity index is 1.78. The van der Waals surface area contributed by atoms with E-state index in [-0.39, 0.29) is 23.9 Å². The zero-order valence-electron chi connectivity index (χ0n) is 10.7. The third-order valence-corrected chi connectivity index (χ3v) is 3.97. The smallest absolute Gasteiger partial charge is 0.310 e. The Bertz CT molecular complexity index is 558. The van der Waals surface area contributed by atoms with Gasteiger partial charge in [0.2, 0.25) is 5.91 Å². The van der Waals surface area contributed by atoms with Crippen LogP contribution < -0.4 is 5.32 Å². The number of aromatic hydroxyl groups is 1. The van der Waals surface area contributed by atoms with Gasteiger partial charge in [-0.1, -0.05) is 6.07 Å². The molecule has 4 atom stereocenters. The van der Waals surface area contributed by atoms with Gasteiger partial charge in [-0.2, -0.15) is 0 Å². The molecule has 6 heteroatoms. The fraction of sp³-hybridized carbons (Fsp3) is 0.429. The summed E-state index contributed by atoms with van der Waals surface area (Å²) in [7, 11) is 0. The van der Waals surface area contributed by atoms with E-state index in [1.54, 1.807) is 12.1 Å². The van der Waals surface area contributed by atoms with Crippen molar-refractivity contribution in [2.75, 3.05) is 5.32 Å². The third kappa shape index (κ3) is 2.12. The number of anilines is 1. The average molecular weight is 277 g/mol. The summed E-state index contributed by atoms with van der Waals surface area (Å²) in [6.07, 6.45) is 0.722. The summed E-state index contributed by atoms with van der Waals surface area (Å²) >= 11 is 0. The summed E-state index contributed by atoms with van der Waals surface area (Å²) in [5.74, 6) is -2.77. The molecule has 2 saturated heterocycles. The molecule has 2 heterocycles. The first kappa shape index (κ1) is 12.9. The maximum absolute atomic E-state index is 12.3. The topological polar surface area (TPSA) is 95.9 Å². The molecule has 0 aromatic heterocycles. The molecule has 2 aliphatic rings. The Morgan fingerprint density at radius 1 is 1.20 bits per heavy atom. The van der Waals surface area contributed by atoms with Crippen molar-refractivity contribution >= 4 is 17.6 Å². The van der Waals surface area contributed by atoms with Crippen molar-refractivity contribution in [1.29, 1.82) is 0 Å². The van der Waals surface area contributed by atoms with Gasteiger partial charge in [0.05, 0.1) is 24.0 Å². The number of carbonyl (C=O) groups excluding carboxylic acids is 1. The number of phenols is 1. The Hall–Kier alpha value is -2.08. The van der Waals surface area contributed by atoms with Crippen LogP contribution in [0.2, 0.25) is 0 Å². The maximum atomic E-state index is 12.3. The van der Waals surface area contributed by atoms with Gasteiger partial charge in [-0.25, -0.2) is 0 Å². The lowest BCUT2D eigenvalue weighted by Crippen LogP contribution is -2.40. The normalized spacial score (nSPS) is 31.2. The minimum Gasteiger partial charge on any atom is -0.508 e. The van der Waals surface area contributed by atoms with Crippen LogP contribution in [-0.4, -0.2) is 34.3 Å². The van der Waals surface area contributed by atoms with E-state index >= 15 is 0 Å². The van der Waals surface area contributed by atoms with Crippen molar-refractivity contribution in [3.63, 3.8) is 0 Å². The molecular weight excluding hydrogens is 262 g/mol. The first-order valence-corrected chi connectivity index (χ1v) is 6.54. The molecular formula is C14H15NO5. The van der Waals surface area contributed by atoms with Crippen molar-refractivity contribution in [3.8, 4) is 5.75 Å². The minimum absolute atomic E-state index is 0.0433. The lowest BCUT2D eigenvalue weighted by molar-refractivity contribution is -0.147.